The van der Waals surface area contributed by atoms with Crippen LogP contribution in [0.15, 0.2) is 34.9 Å². The van der Waals surface area contributed by atoms with Gasteiger partial charge in [-0.3, -0.25) is 4.79 Å². The smallest absolute Gasteiger partial charge is 0.257 e. The Morgan fingerprint density at radius 2 is 2.19 bits per heavy atom. The lowest BCUT2D eigenvalue weighted by Crippen LogP contribution is -2.35. The number of amides is 1. The van der Waals surface area contributed by atoms with Crippen molar-refractivity contribution in [2.75, 3.05) is 13.2 Å². The van der Waals surface area contributed by atoms with E-state index in [1.54, 1.807) is 0 Å². The Morgan fingerprint density at radius 3 is 2.95 bits per heavy atom. The van der Waals surface area contributed by atoms with Gasteiger partial charge in [0.15, 0.2) is 5.82 Å². The van der Waals surface area contributed by atoms with E-state index in [4.69, 9.17) is 9.26 Å². The molecule has 110 valence electrons. The van der Waals surface area contributed by atoms with Gasteiger partial charge in [-0.25, -0.2) is 0 Å². The Kier molecular flexibility index (Phi) is 4.25. The number of aromatic nitrogens is 2. The van der Waals surface area contributed by atoms with Crippen LogP contribution in [0.5, 0.6) is 0 Å². The Morgan fingerprint density at radius 1 is 1.33 bits per heavy atom. The first-order chi connectivity index (χ1) is 10.3. The van der Waals surface area contributed by atoms with E-state index in [1.165, 1.54) is 0 Å². The second-order valence-corrected chi connectivity index (χ2v) is 4.92. The number of hydrogen-bond donors (Lipinski definition) is 1. The van der Waals surface area contributed by atoms with Crippen LogP contribution in [-0.2, 0) is 16.0 Å². The Hall–Kier alpha value is -2.21. The molecule has 2 heterocycles. The Labute approximate surface area is 122 Å². The van der Waals surface area contributed by atoms with Crippen molar-refractivity contribution in [3.8, 4) is 11.5 Å². The topological polar surface area (TPSA) is 77.3 Å². The lowest BCUT2D eigenvalue weighted by molar-refractivity contribution is -0.129. The zero-order chi connectivity index (χ0) is 14.5. The SMILES string of the molecule is O=C(NCCc1noc(-c2ccccc2)n1)C1CCCO1. The fraction of sp³-hybridized carbons (Fsp3) is 0.400. The first-order valence-electron chi connectivity index (χ1n) is 7.10. The molecule has 1 amide bonds. The molecule has 6 nitrogen and oxygen atoms in total. The Balaban J connectivity index is 1.50. The van der Waals surface area contributed by atoms with Crippen LogP contribution in [-0.4, -0.2) is 35.3 Å². The van der Waals surface area contributed by atoms with Crippen molar-refractivity contribution in [1.29, 1.82) is 0 Å². The summed E-state index contributed by atoms with van der Waals surface area (Å²) < 4.78 is 10.5. The molecule has 1 N–H and O–H groups in total. The maximum absolute atomic E-state index is 11.8. The number of ether oxygens (including phenoxy) is 1. The number of carbonyl (C=O) groups is 1. The van der Waals surface area contributed by atoms with E-state index in [-0.39, 0.29) is 12.0 Å². The first-order valence-corrected chi connectivity index (χ1v) is 7.10. The van der Waals surface area contributed by atoms with E-state index in [1.807, 2.05) is 30.3 Å². The minimum atomic E-state index is -0.296. The number of nitrogens with zero attached hydrogens (tertiary/aromatic N) is 2. The van der Waals surface area contributed by atoms with Gasteiger partial charge in [0, 0.05) is 25.1 Å². The summed E-state index contributed by atoms with van der Waals surface area (Å²) >= 11 is 0. The molecule has 0 radical (unpaired) electrons. The molecule has 1 unspecified atom stereocenters. The number of hydrogen-bond acceptors (Lipinski definition) is 5. The normalized spacial score (nSPS) is 17.8. The summed E-state index contributed by atoms with van der Waals surface area (Å²) in [5.41, 5.74) is 0.889. The highest BCUT2D eigenvalue weighted by Gasteiger charge is 2.23. The molecule has 0 aliphatic carbocycles. The third-order valence-corrected chi connectivity index (χ3v) is 3.36. The van der Waals surface area contributed by atoms with Crippen LogP contribution >= 0.6 is 0 Å². The van der Waals surface area contributed by atoms with Crippen molar-refractivity contribution in [1.82, 2.24) is 15.5 Å². The summed E-state index contributed by atoms with van der Waals surface area (Å²) in [6.45, 7) is 1.15. The predicted octanol–water partition coefficient (Wildman–Crippen LogP) is 1.57. The van der Waals surface area contributed by atoms with E-state index in [0.29, 0.717) is 31.3 Å². The van der Waals surface area contributed by atoms with Gasteiger partial charge in [0.05, 0.1) is 0 Å². The maximum atomic E-state index is 11.8. The first kappa shape index (κ1) is 13.8. The van der Waals surface area contributed by atoms with Crippen LogP contribution < -0.4 is 5.32 Å². The molecule has 1 aromatic heterocycles. The molecular weight excluding hydrogens is 270 g/mol. The zero-order valence-electron chi connectivity index (χ0n) is 11.6. The molecule has 1 atom stereocenters. The largest absolute Gasteiger partial charge is 0.368 e. The van der Waals surface area contributed by atoms with Crippen molar-refractivity contribution in [2.45, 2.75) is 25.4 Å². The standard InChI is InChI=1S/C15H17N3O3/c19-14(12-7-4-10-20-12)16-9-8-13-17-15(21-18-13)11-5-2-1-3-6-11/h1-3,5-6,12H,4,7-10H2,(H,16,19). The Bertz CT molecular complexity index is 591. The second kappa shape index (κ2) is 6.49. The van der Waals surface area contributed by atoms with Gasteiger partial charge in [-0.15, -0.1) is 0 Å². The third-order valence-electron chi connectivity index (χ3n) is 3.36. The number of nitrogens with one attached hydrogen (secondary N) is 1. The quantitative estimate of drug-likeness (QED) is 0.903. The van der Waals surface area contributed by atoms with E-state index in [2.05, 4.69) is 15.5 Å². The molecule has 3 rings (SSSR count). The van der Waals surface area contributed by atoms with Crippen LogP contribution in [0.1, 0.15) is 18.7 Å². The van der Waals surface area contributed by atoms with Crippen molar-refractivity contribution in [3.63, 3.8) is 0 Å². The van der Waals surface area contributed by atoms with Crippen LogP contribution in [0.3, 0.4) is 0 Å². The lowest BCUT2D eigenvalue weighted by Gasteiger charge is -2.08. The van der Waals surface area contributed by atoms with Gasteiger partial charge in [0.1, 0.15) is 6.10 Å². The number of rotatable bonds is 5. The van der Waals surface area contributed by atoms with Crippen molar-refractivity contribution < 1.29 is 14.1 Å². The van der Waals surface area contributed by atoms with Crippen LogP contribution in [0, 0.1) is 0 Å². The van der Waals surface area contributed by atoms with Gasteiger partial charge in [-0.1, -0.05) is 23.4 Å². The highest BCUT2D eigenvalue weighted by molar-refractivity contribution is 5.80. The third kappa shape index (κ3) is 3.46. The van der Waals surface area contributed by atoms with Gasteiger partial charge in [0.25, 0.3) is 5.89 Å². The molecule has 1 saturated heterocycles. The molecular formula is C15H17N3O3. The lowest BCUT2D eigenvalue weighted by atomic mass is 10.2. The molecule has 1 aliphatic rings. The monoisotopic (exact) mass is 287 g/mol. The van der Waals surface area contributed by atoms with E-state index < -0.39 is 0 Å². The molecule has 6 heteroatoms. The number of carbonyl (C=O) groups excluding carboxylic acids is 1. The fourth-order valence-corrected chi connectivity index (χ4v) is 2.25. The van der Waals surface area contributed by atoms with Crippen molar-refractivity contribution >= 4 is 5.91 Å². The van der Waals surface area contributed by atoms with E-state index >= 15 is 0 Å². The van der Waals surface area contributed by atoms with Gasteiger partial charge in [-0.05, 0) is 25.0 Å². The van der Waals surface area contributed by atoms with Gasteiger partial charge in [0.2, 0.25) is 5.91 Å². The molecule has 0 saturated carbocycles. The van der Waals surface area contributed by atoms with Crippen LogP contribution in [0.25, 0.3) is 11.5 Å². The highest BCUT2D eigenvalue weighted by Crippen LogP contribution is 2.16. The summed E-state index contributed by atoms with van der Waals surface area (Å²) in [5.74, 6) is 1.02. The van der Waals surface area contributed by atoms with Crippen LogP contribution in [0.2, 0.25) is 0 Å². The second-order valence-electron chi connectivity index (χ2n) is 4.92. The van der Waals surface area contributed by atoms with Gasteiger partial charge in [-0.2, -0.15) is 4.98 Å². The van der Waals surface area contributed by atoms with Gasteiger partial charge < -0.3 is 14.6 Å². The molecule has 1 aromatic carbocycles. The molecule has 0 spiro atoms. The molecule has 0 bridgehead atoms. The number of benzene rings is 1. The fourth-order valence-electron chi connectivity index (χ4n) is 2.25. The van der Waals surface area contributed by atoms with Crippen molar-refractivity contribution in [3.05, 3.63) is 36.2 Å². The highest BCUT2D eigenvalue weighted by atomic mass is 16.5. The minimum Gasteiger partial charge on any atom is -0.368 e. The summed E-state index contributed by atoms with van der Waals surface area (Å²) in [5, 5.41) is 6.75. The van der Waals surface area contributed by atoms with E-state index in [0.717, 1.165) is 18.4 Å². The molecule has 21 heavy (non-hydrogen) atoms. The zero-order valence-corrected chi connectivity index (χ0v) is 11.6. The predicted molar refractivity (Wildman–Crippen MR) is 75.4 cm³/mol. The summed E-state index contributed by atoms with van der Waals surface area (Å²) in [4.78, 5) is 16.1. The molecule has 2 aromatic rings. The minimum absolute atomic E-state index is 0.0562. The average Bonchev–Trinajstić information content (AvgIpc) is 3.20. The maximum Gasteiger partial charge on any atom is 0.257 e. The van der Waals surface area contributed by atoms with Crippen LogP contribution in [0.4, 0.5) is 0 Å². The molecule has 1 fully saturated rings. The molecule has 1 aliphatic heterocycles. The summed E-state index contributed by atoms with van der Waals surface area (Å²) in [6.07, 6.45) is 1.99. The summed E-state index contributed by atoms with van der Waals surface area (Å²) in [6, 6.07) is 9.59. The average molecular weight is 287 g/mol. The van der Waals surface area contributed by atoms with Gasteiger partial charge >= 0.3 is 0 Å². The van der Waals surface area contributed by atoms with Crippen molar-refractivity contribution in [2.24, 2.45) is 0 Å². The van der Waals surface area contributed by atoms with E-state index in [9.17, 15) is 4.79 Å². The summed E-state index contributed by atoms with van der Waals surface area (Å²) in [7, 11) is 0.